The van der Waals surface area contributed by atoms with Crippen LogP contribution in [-0.2, 0) is 0 Å². The van der Waals surface area contributed by atoms with Gasteiger partial charge in [0.2, 0.25) is 0 Å². The Morgan fingerprint density at radius 1 is 1.00 bits per heavy atom. The molecule has 0 spiro atoms. The second kappa shape index (κ2) is 9.51. The molecule has 0 saturated heterocycles. The minimum absolute atomic E-state index is 0.781. The molecule has 1 unspecified atom stereocenters. The first kappa shape index (κ1) is 14.0. The Morgan fingerprint density at radius 3 is 2.21 bits per heavy atom. The van der Waals surface area contributed by atoms with Gasteiger partial charge in [0.05, 0.1) is 0 Å². The van der Waals surface area contributed by atoms with Gasteiger partial charge in [-0.3, -0.25) is 0 Å². The predicted molar refractivity (Wildman–Crippen MR) is 65.6 cm³/mol. The Hall–Kier alpha value is -0.0400. The molecule has 14 heavy (non-hydrogen) atoms. The Balaban J connectivity index is 3.38. The molecule has 0 fully saturated rings. The van der Waals surface area contributed by atoms with E-state index >= 15 is 0 Å². The fourth-order valence-electron chi connectivity index (χ4n) is 1.71. The third-order valence-corrected chi connectivity index (χ3v) is 2.78. The SMILES string of the molecule is CCCCCC(CC)CNCC(C)C. The first-order valence-corrected chi connectivity index (χ1v) is 6.41. The van der Waals surface area contributed by atoms with Crippen LogP contribution in [0.2, 0.25) is 0 Å². The first-order chi connectivity index (χ1) is 6.70. The lowest BCUT2D eigenvalue weighted by atomic mass is 9.98. The largest absolute Gasteiger partial charge is 0.316 e. The summed E-state index contributed by atoms with van der Waals surface area (Å²) < 4.78 is 0. The highest BCUT2D eigenvalue weighted by Crippen LogP contribution is 2.12. The van der Waals surface area contributed by atoms with Gasteiger partial charge in [-0.05, 0) is 31.3 Å². The summed E-state index contributed by atoms with van der Waals surface area (Å²) in [4.78, 5) is 0. The van der Waals surface area contributed by atoms with Crippen LogP contribution in [0.3, 0.4) is 0 Å². The van der Waals surface area contributed by atoms with Crippen molar-refractivity contribution in [2.75, 3.05) is 13.1 Å². The van der Waals surface area contributed by atoms with E-state index in [9.17, 15) is 0 Å². The molecule has 86 valence electrons. The quantitative estimate of drug-likeness (QED) is 0.556. The molecule has 1 atom stereocenters. The van der Waals surface area contributed by atoms with E-state index in [0.29, 0.717) is 0 Å². The van der Waals surface area contributed by atoms with Crippen LogP contribution in [0.25, 0.3) is 0 Å². The number of hydrogen-bond acceptors (Lipinski definition) is 1. The van der Waals surface area contributed by atoms with E-state index in [1.165, 1.54) is 45.2 Å². The molecule has 1 N–H and O–H groups in total. The van der Waals surface area contributed by atoms with Crippen molar-refractivity contribution in [3.63, 3.8) is 0 Å². The van der Waals surface area contributed by atoms with Gasteiger partial charge in [0.25, 0.3) is 0 Å². The van der Waals surface area contributed by atoms with E-state index < -0.39 is 0 Å². The van der Waals surface area contributed by atoms with Gasteiger partial charge < -0.3 is 5.32 Å². The van der Waals surface area contributed by atoms with E-state index in [-0.39, 0.29) is 0 Å². The summed E-state index contributed by atoms with van der Waals surface area (Å²) in [7, 11) is 0. The van der Waals surface area contributed by atoms with Crippen LogP contribution in [0.1, 0.15) is 59.8 Å². The highest BCUT2D eigenvalue weighted by Gasteiger charge is 2.05. The summed E-state index contributed by atoms with van der Waals surface area (Å²) in [6, 6.07) is 0. The average molecular weight is 199 g/mol. The van der Waals surface area contributed by atoms with E-state index in [4.69, 9.17) is 0 Å². The molecule has 0 aliphatic rings. The van der Waals surface area contributed by atoms with Crippen molar-refractivity contribution in [2.45, 2.75) is 59.8 Å². The molecule has 0 aliphatic carbocycles. The van der Waals surface area contributed by atoms with Gasteiger partial charge in [-0.2, -0.15) is 0 Å². The summed E-state index contributed by atoms with van der Waals surface area (Å²) >= 11 is 0. The van der Waals surface area contributed by atoms with Gasteiger partial charge in [0.1, 0.15) is 0 Å². The Labute approximate surface area is 90.7 Å². The summed E-state index contributed by atoms with van der Waals surface area (Å²) in [5.41, 5.74) is 0. The summed E-state index contributed by atoms with van der Waals surface area (Å²) in [5, 5.41) is 3.56. The molecule has 0 aromatic heterocycles. The fourth-order valence-corrected chi connectivity index (χ4v) is 1.71. The Bertz CT molecular complexity index is 110. The van der Waals surface area contributed by atoms with Crippen LogP contribution >= 0.6 is 0 Å². The molecule has 0 heterocycles. The first-order valence-electron chi connectivity index (χ1n) is 6.41. The zero-order valence-electron chi connectivity index (χ0n) is 10.6. The lowest BCUT2D eigenvalue weighted by Gasteiger charge is -2.16. The van der Waals surface area contributed by atoms with Gasteiger partial charge in [-0.1, -0.05) is 53.4 Å². The Kier molecular flexibility index (Phi) is 9.49. The summed E-state index contributed by atoms with van der Waals surface area (Å²) in [6.45, 7) is 11.5. The number of hydrogen-bond donors (Lipinski definition) is 1. The zero-order valence-corrected chi connectivity index (χ0v) is 10.6. The van der Waals surface area contributed by atoms with Crippen LogP contribution in [0, 0.1) is 11.8 Å². The second-order valence-corrected chi connectivity index (χ2v) is 4.82. The average Bonchev–Trinajstić information content (AvgIpc) is 2.15. The predicted octanol–water partition coefficient (Wildman–Crippen LogP) is 3.84. The van der Waals surface area contributed by atoms with Crippen molar-refractivity contribution in [2.24, 2.45) is 11.8 Å². The molecule has 0 rings (SSSR count). The topological polar surface area (TPSA) is 12.0 Å². The summed E-state index contributed by atoms with van der Waals surface area (Å²) in [6.07, 6.45) is 6.90. The summed E-state index contributed by atoms with van der Waals surface area (Å²) in [5.74, 6) is 1.68. The van der Waals surface area contributed by atoms with Gasteiger partial charge in [-0.25, -0.2) is 0 Å². The van der Waals surface area contributed by atoms with Crippen molar-refractivity contribution >= 4 is 0 Å². The minimum atomic E-state index is 0.781. The Morgan fingerprint density at radius 2 is 1.71 bits per heavy atom. The number of unbranched alkanes of at least 4 members (excludes halogenated alkanes) is 2. The molecule has 0 radical (unpaired) electrons. The standard InChI is InChI=1S/C13H29N/c1-5-7-8-9-13(6-2)11-14-10-12(3)4/h12-14H,5-11H2,1-4H3. The van der Waals surface area contributed by atoms with Crippen molar-refractivity contribution < 1.29 is 0 Å². The third kappa shape index (κ3) is 8.55. The molecular formula is C13H29N. The molecule has 1 heteroatoms. The van der Waals surface area contributed by atoms with Gasteiger partial charge in [0.15, 0.2) is 0 Å². The maximum Gasteiger partial charge on any atom is -0.00205 e. The fraction of sp³-hybridized carbons (Fsp3) is 1.00. The normalized spacial score (nSPS) is 13.5. The minimum Gasteiger partial charge on any atom is -0.316 e. The molecule has 0 amide bonds. The van der Waals surface area contributed by atoms with Crippen molar-refractivity contribution in [1.82, 2.24) is 5.32 Å². The van der Waals surface area contributed by atoms with Crippen LogP contribution in [0.4, 0.5) is 0 Å². The van der Waals surface area contributed by atoms with Crippen LogP contribution in [0.15, 0.2) is 0 Å². The monoisotopic (exact) mass is 199 g/mol. The van der Waals surface area contributed by atoms with Gasteiger partial charge in [0, 0.05) is 0 Å². The van der Waals surface area contributed by atoms with Crippen LogP contribution < -0.4 is 5.32 Å². The zero-order chi connectivity index (χ0) is 10.8. The molecule has 0 aliphatic heterocycles. The van der Waals surface area contributed by atoms with Crippen molar-refractivity contribution in [3.05, 3.63) is 0 Å². The van der Waals surface area contributed by atoms with Gasteiger partial charge in [-0.15, -0.1) is 0 Å². The van der Waals surface area contributed by atoms with Crippen LogP contribution in [-0.4, -0.2) is 13.1 Å². The molecule has 0 aromatic carbocycles. The number of rotatable bonds is 9. The van der Waals surface area contributed by atoms with E-state index in [0.717, 1.165) is 11.8 Å². The van der Waals surface area contributed by atoms with E-state index in [1.54, 1.807) is 0 Å². The molecule has 0 bridgehead atoms. The highest BCUT2D eigenvalue weighted by atomic mass is 14.9. The lowest BCUT2D eigenvalue weighted by molar-refractivity contribution is 0.402. The van der Waals surface area contributed by atoms with Gasteiger partial charge >= 0.3 is 0 Å². The third-order valence-electron chi connectivity index (χ3n) is 2.78. The molecule has 0 saturated carbocycles. The lowest BCUT2D eigenvalue weighted by Crippen LogP contribution is -2.26. The van der Waals surface area contributed by atoms with E-state index in [2.05, 4.69) is 33.0 Å². The molecule has 0 aromatic rings. The highest BCUT2D eigenvalue weighted by molar-refractivity contribution is 4.62. The maximum absolute atomic E-state index is 3.56. The second-order valence-electron chi connectivity index (χ2n) is 4.82. The maximum atomic E-state index is 3.56. The van der Waals surface area contributed by atoms with E-state index in [1.807, 2.05) is 0 Å². The van der Waals surface area contributed by atoms with Crippen molar-refractivity contribution in [3.8, 4) is 0 Å². The van der Waals surface area contributed by atoms with Crippen molar-refractivity contribution in [1.29, 1.82) is 0 Å². The number of nitrogens with one attached hydrogen (secondary N) is 1. The molecule has 1 nitrogen and oxygen atoms in total. The van der Waals surface area contributed by atoms with Crippen LogP contribution in [0.5, 0.6) is 0 Å². The molecular weight excluding hydrogens is 170 g/mol. The smallest absolute Gasteiger partial charge is 0.00205 e.